The Balaban J connectivity index is 1.41. The van der Waals surface area contributed by atoms with Gasteiger partial charge in [-0.15, -0.1) is 0 Å². The van der Waals surface area contributed by atoms with Gasteiger partial charge >= 0.3 is 0 Å². The standard InChI is InChI=1S/C27H18BrClN2O3S/c28-20-9-7-18(8-10-20)24(32)16-31-26(33)25(35-27(31)34)13-19-15-30(23-4-2-1-3-22(19)23)14-17-5-11-21(29)12-6-17/h1-13,15H,14,16H2/b25-13-. The predicted octanol–water partition coefficient (Wildman–Crippen LogP) is 7.02. The van der Waals surface area contributed by atoms with Gasteiger partial charge in [0.25, 0.3) is 11.1 Å². The maximum atomic E-state index is 13.0. The largest absolute Gasteiger partial charge is 0.342 e. The second kappa shape index (κ2) is 9.85. The van der Waals surface area contributed by atoms with Gasteiger partial charge in [-0.2, -0.15) is 0 Å². The zero-order valence-electron chi connectivity index (χ0n) is 18.3. The molecule has 4 aromatic rings. The fourth-order valence-electron chi connectivity index (χ4n) is 3.96. The van der Waals surface area contributed by atoms with E-state index in [0.717, 1.165) is 43.2 Å². The number of carbonyl (C=O) groups is 3. The van der Waals surface area contributed by atoms with E-state index in [0.29, 0.717) is 22.0 Å². The molecule has 1 fully saturated rings. The average Bonchev–Trinajstić information content (AvgIpc) is 3.33. The van der Waals surface area contributed by atoms with Crippen molar-refractivity contribution < 1.29 is 14.4 Å². The van der Waals surface area contributed by atoms with E-state index in [2.05, 4.69) is 20.5 Å². The lowest BCUT2D eigenvalue weighted by molar-refractivity contribution is -0.122. The van der Waals surface area contributed by atoms with Crippen LogP contribution >= 0.6 is 39.3 Å². The Labute approximate surface area is 219 Å². The Hall–Kier alpha value is -3.13. The summed E-state index contributed by atoms with van der Waals surface area (Å²) in [4.78, 5) is 39.6. The SMILES string of the molecule is O=C(CN1C(=O)S/C(=C\c2cn(Cc3ccc(Cl)cc3)c3ccccc23)C1=O)c1ccc(Br)cc1. The van der Waals surface area contributed by atoms with Crippen molar-refractivity contribution in [2.45, 2.75) is 6.54 Å². The molecule has 35 heavy (non-hydrogen) atoms. The monoisotopic (exact) mass is 564 g/mol. The highest BCUT2D eigenvalue weighted by atomic mass is 79.9. The lowest BCUT2D eigenvalue weighted by atomic mass is 10.1. The molecule has 0 aliphatic carbocycles. The van der Waals surface area contributed by atoms with Gasteiger partial charge in [0.15, 0.2) is 5.78 Å². The van der Waals surface area contributed by atoms with E-state index in [9.17, 15) is 14.4 Å². The number of halogens is 2. The number of Topliss-reactive ketones (excluding diaryl/α,β-unsaturated/α-hetero) is 1. The quantitative estimate of drug-likeness (QED) is 0.186. The van der Waals surface area contributed by atoms with E-state index >= 15 is 0 Å². The van der Waals surface area contributed by atoms with Crippen molar-refractivity contribution in [3.05, 3.63) is 110 Å². The van der Waals surface area contributed by atoms with Crippen LogP contribution in [0.1, 0.15) is 21.5 Å². The molecule has 0 N–H and O–H groups in total. The molecule has 1 aromatic heterocycles. The number of imide groups is 1. The van der Waals surface area contributed by atoms with Gasteiger partial charge in [0.2, 0.25) is 0 Å². The van der Waals surface area contributed by atoms with E-state index in [1.165, 1.54) is 0 Å². The first-order valence-corrected chi connectivity index (χ1v) is 12.7. The Bertz CT molecular complexity index is 1490. The molecule has 0 spiro atoms. The van der Waals surface area contributed by atoms with E-state index < -0.39 is 11.1 Å². The maximum Gasteiger partial charge on any atom is 0.293 e. The number of fused-ring (bicyclic) bond motifs is 1. The van der Waals surface area contributed by atoms with Crippen LogP contribution in [0.15, 0.2) is 88.4 Å². The van der Waals surface area contributed by atoms with Gasteiger partial charge in [-0.1, -0.05) is 70.0 Å². The number of ketones is 1. The number of aromatic nitrogens is 1. The Kier molecular flexibility index (Phi) is 6.65. The number of hydrogen-bond donors (Lipinski definition) is 0. The minimum Gasteiger partial charge on any atom is -0.342 e. The summed E-state index contributed by atoms with van der Waals surface area (Å²) in [5.41, 5.74) is 3.38. The van der Waals surface area contributed by atoms with Crippen molar-refractivity contribution in [1.82, 2.24) is 9.47 Å². The average molecular weight is 566 g/mol. The molecule has 1 aliphatic rings. The summed E-state index contributed by atoms with van der Waals surface area (Å²) in [7, 11) is 0. The minimum atomic E-state index is -0.458. The molecular weight excluding hydrogens is 548 g/mol. The van der Waals surface area contributed by atoms with Crippen LogP contribution in [0.2, 0.25) is 5.02 Å². The second-order valence-corrected chi connectivity index (χ2v) is 10.4. The number of benzene rings is 3. The summed E-state index contributed by atoms with van der Waals surface area (Å²) >= 11 is 10.2. The number of hydrogen-bond acceptors (Lipinski definition) is 4. The molecule has 5 nitrogen and oxygen atoms in total. The molecule has 0 atom stereocenters. The lowest BCUT2D eigenvalue weighted by Crippen LogP contribution is -2.33. The van der Waals surface area contributed by atoms with Gasteiger partial charge in [-0.3, -0.25) is 19.3 Å². The third kappa shape index (κ3) is 4.98. The van der Waals surface area contributed by atoms with Crippen molar-refractivity contribution in [3.63, 3.8) is 0 Å². The molecule has 174 valence electrons. The molecular formula is C27H18BrClN2O3S. The maximum absolute atomic E-state index is 13.0. The summed E-state index contributed by atoms with van der Waals surface area (Å²) in [6.07, 6.45) is 3.70. The van der Waals surface area contributed by atoms with Crippen LogP contribution in [0.5, 0.6) is 0 Å². The number of amides is 2. The van der Waals surface area contributed by atoms with Gasteiger partial charge in [0.05, 0.1) is 11.4 Å². The molecule has 0 saturated carbocycles. The van der Waals surface area contributed by atoms with Crippen molar-refractivity contribution in [2.24, 2.45) is 0 Å². The molecule has 2 amide bonds. The van der Waals surface area contributed by atoms with Gasteiger partial charge in [0.1, 0.15) is 0 Å². The van der Waals surface area contributed by atoms with Crippen molar-refractivity contribution in [3.8, 4) is 0 Å². The fourth-order valence-corrected chi connectivity index (χ4v) is 5.18. The Morgan fingerprint density at radius 2 is 1.69 bits per heavy atom. The van der Waals surface area contributed by atoms with Crippen LogP contribution in [0.4, 0.5) is 4.79 Å². The summed E-state index contributed by atoms with van der Waals surface area (Å²) in [6.45, 7) is 0.344. The normalized spacial score (nSPS) is 14.9. The van der Waals surface area contributed by atoms with Crippen molar-refractivity contribution >= 4 is 73.2 Å². The highest BCUT2D eigenvalue weighted by Gasteiger charge is 2.36. The molecule has 1 saturated heterocycles. The molecule has 3 aromatic carbocycles. The summed E-state index contributed by atoms with van der Waals surface area (Å²) in [5.74, 6) is -0.749. The summed E-state index contributed by atoms with van der Waals surface area (Å²) in [6, 6.07) is 22.4. The predicted molar refractivity (Wildman–Crippen MR) is 144 cm³/mol. The van der Waals surface area contributed by atoms with Crippen molar-refractivity contribution in [1.29, 1.82) is 0 Å². The number of para-hydroxylation sites is 1. The second-order valence-electron chi connectivity index (χ2n) is 8.05. The van der Waals surface area contributed by atoms with E-state index in [-0.39, 0.29) is 12.3 Å². The van der Waals surface area contributed by atoms with Gasteiger partial charge in [-0.05, 0) is 53.7 Å². The number of rotatable bonds is 6. The van der Waals surface area contributed by atoms with E-state index in [1.807, 2.05) is 54.7 Å². The van der Waals surface area contributed by atoms with Crippen LogP contribution in [-0.4, -0.2) is 32.9 Å². The molecule has 0 radical (unpaired) electrons. The van der Waals surface area contributed by atoms with Gasteiger partial charge < -0.3 is 4.57 Å². The summed E-state index contributed by atoms with van der Waals surface area (Å²) < 4.78 is 2.95. The van der Waals surface area contributed by atoms with Crippen molar-refractivity contribution in [2.75, 3.05) is 6.54 Å². The summed E-state index contributed by atoms with van der Waals surface area (Å²) in [5, 5.41) is 1.21. The first-order chi connectivity index (χ1) is 16.9. The first-order valence-electron chi connectivity index (χ1n) is 10.8. The lowest BCUT2D eigenvalue weighted by Gasteiger charge is -2.11. The van der Waals surface area contributed by atoms with Crippen LogP contribution in [0.25, 0.3) is 17.0 Å². The number of carbonyl (C=O) groups excluding carboxylic acids is 3. The topological polar surface area (TPSA) is 59.4 Å². The van der Waals surface area contributed by atoms with Crippen LogP contribution in [0.3, 0.4) is 0 Å². The first kappa shape index (κ1) is 23.6. The number of nitrogens with zero attached hydrogens (tertiary/aromatic N) is 2. The highest BCUT2D eigenvalue weighted by molar-refractivity contribution is 9.10. The smallest absolute Gasteiger partial charge is 0.293 e. The highest BCUT2D eigenvalue weighted by Crippen LogP contribution is 2.34. The molecule has 0 bridgehead atoms. The van der Waals surface area contributed by atoms with Crippen LogP contribution in [-0.2, 0) is 11.3 Å². The van der Waals surface area contributed by atoms with Gasteiger partial charge in [-0.25, -0.2) is 0 Å². The molecule has 1 aliphatic heterocycles. The minimum absolute atomic E-state index is 0.290. The zero-order chi connectivity index (χ0) is 24.5. The molecule has 0 unspecified atom stereocenters. The third-order valence-electron chi connectivity index (χ3n) is 5.71. The Morgan fingerprint density at radius 3 is 2.43 bits per heavy atom. The molecule has 5 rings (SSSR count). The Morgan fingerprint density at radius 1 is 0.971 bits per heavy atom. The zero-order valence-corrected chi connectivity index (χ0v) is 21.4. The van der Waals surface area contributed by atoms with Gasteiger partial charge in [0, 0.05) is 44.3 Å². The fraction of sp³-hybridized carbons (Fsp3) is 0.0741. The number of thioether (sulfide) groups is 1. The molecule has 8 heteroatoms. The van der Waals surface area contributed by atoms with E-state index in [1.54, 1.807) is 30.3 Å². The van der Waals surface area contributed by atoms with Crippen LogP contribution < -0.4 is 0 Å². The van der Waals surface area contributed by atoms with E-state index in [4.69, 9.17) is 11.6 Å². The van der Waals surface area contributed by atoms with Crippen LogP contribution in [0, 0.1) is 0 Å². The third-order valence-corrected chi connectivity index (χ3v) is 7.40. The molecule has 2 heterocycles.